The number of carboxylic acid groups (broad SMARTS) is 1. The van der Waals surface area contributed by atoms with Gasteiger partial charge in [0.2, 0.25) is 10.0 Å². The SMILES string of the molecule is O=C(O)c1cc(-c2cccc3ncccc23)cc(S(=O)(=O)N2CCOCC2)c1. The van der Waals surface area contributed by atoms with Crippen molar-refractivity contribution in [2.75, 3.05) is 26.3 Å². The van der Waals surface area contributed by atoms with Crippen molar-refractivity contribution in [2.24, 2.45) is 0 Å². The van der Waals surface area contributed by atoms with Crippen LogP contribution in [0.15, 0.2) is 59.6 Å². The van der Waals surface area contributed by atoms with Gasteiger partial charge in [0.25, 0.3) is 0 Å². The molecule has 7 nitrogen and oxygen atoms in total. The zero-order valence-corrected chi connectivity index (χ0v) is 15.7. The predicted molar refractivity (Wildman–Crippen MR) is 104 cm³/mol. The molecule has 1 aliphatic heterocycles. The molecule has 0 spiro atoms. The highest BCUT2D eigenvalue weighted by Crippen LogP contribution is 2.31. The largest absolute Gasteiger partial charge is 0.478 e. The van der Waals surface area contributed by atoms with Crippen LogP contribution in [0.2, 0.25) is 0 Å². The van der Waals surface area contributed by atoms with Gasteiger partial charge in [-0.25, -0.2) is 13.2 Å². The molecule has 28 heavy (non-hydrogen) atoms. The monoisotopic (exact) mass is 398 g/mol. The van der Waals surface area contributed by atoms with Crippen LogP contribution in [0.25, 0.3) is 22.0 Å². The van der Waals surface area contributed by atoms with Crippen molar-refractivity contribution in [2.45, 2.75) is 4.90 Å². The van der Waals surface area contributed by atoms with E-state index in [-0.39, 0.29) is 23.5 Å². The zero-order chi connectivity index (χ0) is 19.7. The van der Waals surface area contributed by atoms with E-state index in [1.165, 1.54) is 22.5 Å². The molecule has 2 aromatic carbocycles. The van der Waals surface area contributed by atoms with Gasteiger partial charge in [-0.15, -0.1) is 0 Å². The minimum atomic E-state index is -3.83. The maximum atomic E-state index is 13.1. The van der Waals surface area contributed by atoms with Crippen molar-refractivity contribution in [3.05, 3.63) is 60.3 Å². The average Bonchev–Trinajstić information content (AvgIpc) is 2.73. The van der Waals surface area contributed by atoms with Crippen molar-refractivity contribution in [1.82, 2.24) is 9.29 Å². The molecule has 8 heteroatoms. The van der Waals surface area contributed by atoms with Gasteiger partial charge in [-0.05, 0) is 41.5 Å². The van der Waals surface area contributed by atoms with Crippen LogP contribution < -0.4 is 0 Å². The Morgan fingerprint density at radius 2 is 1.86 bits per heavy atom. The molecule has 1 N–H and O–H groups in total. The van der Waals surface area contributed by atoms with Crippen molar-refractivity contribution in [3.8, 4) is 11.1 Å². The number of hydrogen-bond donors (Lipinski definition) is 1. The quantitative estimate of drug-likeness (QED) is 0.726. The first-order chi connectivity index (χ1) is 13.5. The normalized spacial score (nSPS) is 15.6. The summed E-state index contributed by atoms with van der Waals surface area (Å²) in [6.45, 7) is 1.12. The van der Waals surface area contributed by atoms with Gasteiger partial charge >= 0.3 is 5.97 Å². The molecule has 0 unspecified atom stereocenters. The number of pyridine rings is 1. The van der Waals surface area contributed by atoms with E-state index < -0.39 is 16.0 Å². The molecule has 0 saturated carbocycles. The molecule has 1 aliphatic rings. The Morgan fingerprint density at radius 1 is 1.07 bits per heavy atom. The third kappa shape index (κ3) is 3.37. The summed E-state index contributed by atoms with van der Waals surface area (Å²) in [5.41, 5.74) is 1.92. The van der Waals surface area contributed by atoms with Crippen LogP contribution in [-0.2, 0) is 14.8 Å². The number of aromatic nitrogens is 1. The summed E-state index contributed by atoms with van der Waals surface area (Å²) in [4.78, 5) is 15.9. The number of nitrogens with zero attached hydrogens (tertiary/aromatic N) is 2. The van der Waals surface area contributed by atoms with Gasteiger partial charge in [-0.1, -0.05) is 18.2 Å². The molecule has 144 valence electrons. The third-order valence-electron chi connectivity index (χ3n) is 4.72. The van der Waals surface area contributed by atoms with Crippen LogP contribution in [-0.4, -0.2) is 55.1 Å². The lowest BCUT2D eigenvalue weighted by Crippen LogP contribution is -2.40. The first kappa shape index (κ1) is 18.5. The van der Waals surface area contributed by atoms with Crippen molar-refractivity contribution >= 4 is 26.9 Å². The van der Waals surface area contributed by atoms with Crippen molar-refractivity contribution in [3.63, 3.8) is 0 Å². The number of sulfonamides is 1. The average molecular weight is 398 g/mol. The van der Waals surface area contributed by atoms with Gasteiger partial charge in [0.15, 0.2) is 0 Å². The van der Waals surface area contributed by atoms with Gasteiger partial charge in [-0.3, -0.25) is 4.98 Å². The highest BCUT2D eigenvalue weighted by atomic mass is 32.2. The molecular weight excluding hydrogens is 380 g/mol. The summed E-state index contributed by atoms with van der Waals surface area (Å²) in [5, 5.41) is 10.4. The molecule has 2 heterocycles. The van der Waals surface area contributed by atoms with Crippen LogP contribution in [0.1, 0.15) is 10.4 Å². The summed E-state index contributed by atoms with van der Waals surface area (Å²) in [7, 11) is -3.83. The summed E-state index contributed by atoms with van der Waals surface area (Å²) in [5.74, 6) is -1.18. The minimum Gasteiger partial charge on any atom is -0.478 e. The smallest absolute Gasteiger partial charge is 0.335 e. The lowest BCUT2D eigenvalue weighted by Gasteiger charge is -2.26. The summed E-state index contributed by atoms with van der Waals surface area (Å²) < 4.78 is 32.7. The van der Waals surface area contributed by atoms with E-state index >= 15 is 0 Å². The number of ether oxygens (including phenoxy) is 1. The fourth-order valence-corrected chi connectivity index (χ4v) is 4.80. The molecule has 4 rings (SSSR count). The van der Waals surface area contributed by atoms with Crippen molar-refractivity contribution in [1.29, 1.82) is 0 Å². The second-order valence-electron chi connectivity index (χ2n) is 6.44. The molecular formula is C20H18N2O5S. The molecule has 1 aromatic heterocycles. The number of hydrogen-bond acceptors (Lipinski definition) is 5. The van der Waals surface area contributed by atoms with E-state index in [4.69, 9.17) is 4.74 Å². The number of carbonyl (C=O) groups is 1. The van der Waals surface area contributed by atoms with Crippen molar-refractivity contribution < 1.29 is 23.1 Å². The molecule has 0 atom stereocenters. The fraction of sp³-hybridized carbons (Fsp3) is 0.200. The fourth-order valence-electron chi connectivity index (χ4n) is 3.32. The van der Waals surface area contributed by atoms with E-state index in [0.717, 1.165) is 16.5 Å². The van der Waals surface area contributed by atoms with Gasteiger partial charge in [0.1, 0.15) is 0 Å². The number of morpholine rings is 1. The van der Waals surface area contributed by atoms with Crippen LogP contribution in [0.4, 0.5) is 0 Å². The van der Waals surface area contributed by atoms with E-state index in [1.807, 2.05) is 24.3 Å². The summed E-state index contributed by atoms with van der Waals surface area (Å²) in [6, 6.07) is 13.4. The topological polar surface area (TPSA) is 96.8 Å². The highest BCUT2D eigenvalue weighted by molar-refractivity contribution is 7.89. The third-order valence-corrected chi connectivity index (χ3v) is 6.59. The number of fused-ring (bicyclic) bond motifs is 1. The Labute approximate surface area is 162 Å². The number of benzene rings is 2. The summed E-state index contributed by atoms with van der Waals surface area (Å²) in [6.07, 6.45) is 1.67. The Balaban J connectivity index is 1.90. The van der Waals surface area contributed by atoms with E-state index in [2.05, 4.69) is 4.98 Å². The first-order valence-electron chi connectivity index (χ1n) is 8.77. The molecule has 3 aromatic rings. The molecule has 1 saturated heterocycles. The van der Waals surface area contributed by atoms with Gasteiger partial charge in [0.05, 0.1) is 29.2 Å². The van der Waals surface area contributed by atoms with Gasteiger partial charge < -0.3 is 9.84 Å². The van der Waals surface area contributed by atoms with Crippen LogP contribution in [0, 0.1) is 0 Å². The Bertz CT molecular complexity index is 1150. The van der Waals surface area contributed by atoms with Crippen LogP contribution >= 0.6 is 0 Å². The number of carboxylic acids is 1. The van der Waals surface area contributed by atoms with Crippen LogP contribution in [0.5, 0.6) is 0 Å². The van der Waals surface area contributed by atoms with E-state index in [9.17, 15) is 18.3 Å². The molecule has 0 radical (unpaired) electrons. The number of aromatic carboxylic acids is 1. The maximum Gasteiger partial charge on any atom is 0.335 e. The Hall–Kier alpha value is -2.81. The van der Waals surface area contributed by atoms with Gasteiger partial charge in [0, 0.05) is 24.7 Å². The molecule has 1 fully saturated rings. The molecule has 0 bridgehead atoms. The minimum absolute atomic E-state index is 0.0369. The second kappa shape index (κ2) is 7.31. The number of rotatable bonds is 4. The second-order valence-corrected chi connectivity index (χ2v) is 8.38. The maximum absolute atomic E-state index is 13.1. The lowest BCUT2D eigenvalue weighted by atomic mass is 9.99. The Kier molecular flexibility index (Phi) is 4.84. The molecule has 0 amide bonds. The van der Waals surface area contributed by atoms with Gasteiger partial charge in [-0.2, -0.15) is 4.31 Å². The Morgan fingerprint density at radius 3 is 2.61 bits per heavy atom. The van der Waals surface area contributed by atoms with E-state index in [0.29, 0.717) is 18.8 Å². The predicted octanol–water partition coefficient (Wildman–Crippen LogP) is 2.62. The zero-order valence-electron chi connectivity index (χ0n) is 14.9. The van der Waals surface area contributed by atoms with E-state index in [1.54, 1.807) is 12.3 Å². The molecule has 0 aliphatic carbocycles. The lowest BCUT2D eigenvalue weighted by molar-refractivity contribution is 0.0696. The standard InChI is InChI=1S/C20H18N2O5S/c23-20(24)15-11-14(17-3-1-5-19-18(17)4-2-6-21-19)12-16(13-15)28(25,26)22-7-9-27-10-8-22/h1-6,11-13H,7-10H2,(H,23,24). The van der Waals surface area contributed by atoms with Crippen LogP contribution in [0.3, 0.4) is 0 Å². The first-order valence-corrected chi connectivity index (χ1v) is 10.2. The highest BCUT2D eigenvalue weighted by Gasteiger charge is 2.28. The summed E-state index contributed by atoms with van der Waals surface area (Å²) >= 11 is 0.